The van der Waals surface area contributed by atoms with Crippen LogP contribution in [-0.2, 0) is 23.8 Å². The van der Waals surface area contributed by atoms with Crippen LogP contribution in [0.3, 0.4) is 0 Å². The van der Waals surface area contributed by atoms with Crippen molar-refractivity contribution in [2.75, 3.05) is 50.6 Å². The van der Waals surface area contributed by atoms with Gasteiger partial charge in [-0.15, -0.1) is 0 Å². The van der Waals surface area contributed by atoms with E-state index in [1.807, 2.05) is 17.0 Å². The summed E-state index contributed by atoms with van der Waals surface area (Å²) < 4.78 is 42.1. The summed E-state index contributed by atoms with van der Waals surface area (Å²) in [6.07, 6.45) is 9.13. The molecule has 4 aromatic rings. The number of aromatic nitrogens is 1. The molecule has 0 spiro atoms. The lowest BCUT2D eigenvalue weighted by Gasteiger charge is -2.39. The molecule has 10 atom stereocenters. The summed E-state index contributed by atoms with van der Waals surface area (Å²) in [6, 6.07) is 2.07. The van der Waals surface area contributed by atoms with Crippen LogP contribution in [0.1, 0.15) is 118 Å². The van der Waals surface area contributed by atoms with Gasteiger partial charge in [0.1, 0.15) is 34.7 Å². The molecule has 7 N–H and O–H groups in total. The molecule has 3 aromatic carbocycles. The summed E-state index contributed by atoms with van der Waals surface area (Å²) in [5.74, 6) is -11.3. The number of aromatic hydroxyl groups is 3. The van der Waals surface area contributed by atoms with Gasteiger partial charge in [-0.05, 0) is 84.3 Å². The maximum Gasteiger partial charge on any atom is 0.341 e. The van der Waals surface area contributed by atoms with Crippen LogP contribution < -0.4 is 20.4 Å². The predicted molar refractivity (Wildman–Crippen MR) is 308 cm³/mol. The summed E-state index contributed by atoms with van der Waals surface area (Å²) in [7, 11) is 3.42. The van der Waals surface area contributed by atoms with Crippen molar-refractivity contribution in [3.05, 3.63) is 92.8 Å². The number of aliphatic hydroxyl groups excluding tert-OH is 2. The highest BCUT2D eigenvalue weighted by molar-refractivity contribution is 6.24. The third kappa shape index (κ3) is 11.4. The van der Waals surface area contributed by atoms with Gasteiger partial charge in [0.25, 0.3) is 11.7 Å². The molecule has 1 aliphatic carbocycles. The number of pyridine rings is 1. The number of Topliss-reactive ketones (excluding diaryl/α,β-unsaturated/α-hetero) is 1. The van der Waals surface area contributed by atoms with Gasteiger partial charge in [0.15, 0.2) is 5.75 Å². The zero-order valence-corrected chi connectivity index (χ0v) is 48.4. The lowest BCUT2D eigenvalue weighted by molar-refractivity contribution is -0.160. The maximum absolute atomic E-state index is 16.4. The van der Waals surface area contributed by atoms with Crippen LogP contribution in [0.2, 0.25) is 0 Å². The quantitative estimate of drug-likeness (QED) is 0.0286. The van der Waals surface area contributed by atoms with E-state index in [0.29, 0.717) is 44.4 Å². The Morgan fingerprint density at radius 3 is 2.24 bits per heavy atom. The van der Waals surface area contributed by atoms with Crippen LogP contribution in [0.25, 0.3) is 21.7 Å². The second kappa shape index (κ2) is 23.6. The topological polar surface area (TPSA) is 283 Å². The highest BCUT2D eigenvalue weighted by Gasteiger charge is 2.50. The molecule has 5 bridgehead atoms. The second-order valence-corrected chi connectivity index (χ2v) is 23.3. The number of esters is 1. The van der Waals surface area contributed by atoms with E-state index in [1.54, 1.807) is 50.5 Å². The molecule has 21 nitrogen and oxygen atoms in total. The fourth-order valence-corrected chi connectivity index (χ4v) is 12.3. The molecule has 0 radical (unpaired) electrons. The Balaban J connectivity index is 1.16. The summed E-state index contributed by atoms with van der Waals surface area (Å²) in [6.45, 7) is 14.4. The number of allylic oxidation sites excluding steroid dienone is 2. The number of fused-ring (bicyclic) bond motifs is 15. The monoisotopic (exact) mass is 1150 g/mol. The Morgan fingerprint density at radius 1 is 0.904 bits per heavy atom. The molecular weight excluding hydrogens is 1080 g/mol. The number of halogens is 1. The lowest BCUT2D eigenvalue weighted by Crippen LogP contribution is -2.46. The predicted octanol–water partition coefficient (Wildman–Crippen LogP) is 7.25. The summed E-state index contributed by atoms with van der Waals surface area (Å²) >= 11 is 0. The van der Waals surface area contributed by atoms with Crippen LogP contribution in [0.4, 0.5) is 15.8 Å². The van der Waals surface area contributed by atoms with Gasteiger partial charge >= 0.3 is 17.7 Å². The minimum Gasteiger partial charge on any atom is -0.507 e. The van der Waals surface area contributed by atoms with Gasteiger partial charge in [-0.2, -0.15) is 5.10 Å². The number of carbonyl (C=O) groups excluding carboxylic acids is 3. The van der Waals surface area contributed by atoms with Gasteiger partial charge in [0.2, 0.25) is 5.43 Å². The number of likely N-dealkylation sites (tertiary alicyclic amines) is 1. The Morgan fingerprint density at radius 2 is 1.59 bits per heavy atom. The number of benzene rings is 3. The van der Waals surface area contributed by atoms with E-state index in [4.69, 9.17) is 24.0 Å². The molecule has 2 saturated heterocycles. The van der Waals surface area contributed by atoms with Crippen molar-refractivity contribution in [1.82, 2.24) is 14.5 Å². The zero-order valence-electron chi connectivity index (χ0n) is 48.4. The number of anilines is 2. The molecule has 10 rings (SSSR count). The number of hydrogen-bond acceptors (Lipinski definition) is 18. The molecule has 446 valence electrons. The van der Waals surface area contributed by atoms with Crippen molar-refractivity contribution >= 4 is 62.9 Å². The first-order valence-electron chi connectivity index (χ1n) is 28.2. The van der Waals surface area contributed by atoms with E-state index in [2.05, 4.69) is 10.2 Å². The summed E-state index contributed by atoms with van der Waals surface area (Å²) in [5, 5.41) is 79.2. The fourth-order valence-electron chi connectivity index (χ4n) is 12.3. The van der Waals surface area contributed by atoms with Crippen LogP contribution >= 0.6 is 0 Å². The van der Waals surface area contributed by atoms with Crippen LogP contribution in [0, 0.1) is 36.4 Å². The molecule has 5 aliphatic heterocycles. The van der Waals surface area contributed by atoms with Crippen molar-refractivity contribution in [2.45, 2.75) is 136 Å². The number of carboxylic acids is 1. The highest BCUT2D eigenvalue weighted by atomic mass is 19.1. The molecule has 6 aliphatic rings. The molecule has 3 fully saturated rings. The zero-order chi connectivity index (χ0) is 60.3. The number of hydrogen-bond donors (Lipinski definition) is 7. The largest absolute Gasteiger partial charge is 0.507 e. The highest BCUT2D eigenvalue weighted by Crippen LogP contribution is 2.55. The van der Waals surface area contributed by atoms with Crippen LogP contribution in [0.5, 0.6) is 23.0 Å². The Labute approximate surface area is 479 Å². The molecule has 1 amide bonds. The first-order valence-corrected chi connectivity index (χ1v) is 28.2. The SMILES string of the molecule is CO[C@H]1/C=C/O[C@@]2(C)Oc3c(C)c(O)c4c(O)c(c(/C=N/N(C5CCN(C)CC5)C5CCN(c6cc7c(cc6F)c(=O)c(C(=O)O)cn7C6CC6)C5)c(O)c4c3C2=O)NC(=O)/C(C)=C\C=C\[C@@H](C)[C@H](O)[C@H](C)[C@H](O)[C@@H](C)[C@H](OC(C)=O)[C@@H]1C. The molecule has 83 heavy (non-hydrogen) atoms. The third-order valence-electron chi connectivity index (χ3n) is 17.6. The number of piperidine rings is 1. The normalized spacial score (nSPS) is 29.2. The number of hydrazone groups is 1. The number of ketones is 1. The molecule has 1 unspecified atom stereocenters. The molecule has 1 aromatic heterocycles. The summed E-state index contributed by atoms with van der Waals surface area (Å²) in [4.78, 5) is 71.3. The Bertz CT molecular complexity index is 3440. The van der Waals surface area contributed by atoms with E-state index >= 15 is 4.39 Å². The number of aromatic carboxylic acids is 1. The third-order valence-corrected chi connectivity index (χ3v) is 17.6. The van der Waals surface area contributed by atoms with Crippen molar-refractivity contribution in [2.24, 2.45) is 28.8 Å². The van der Waals surface area contributed by atoms with E-state index in [1.165, 1.54) is 65.6 Å². The number of nitrogens with zero attached hydrogens (tertiary/aromatic N) is 5. The first-order chi connectivity index (χ1) is 39.3. The average molecular weight is 1150 g/mol. The minimum absolute atomic E-state index is 0.00843. The molecule has 22 heteroatoms. The van der Waals surface area contributed by atoms with Gasteiger partial charge in [-0.3, -0.25) is 24.2 Å². The molecule has 1 saturated carbocycles. The van der Waals surface area contributed by atoms with Crippen molar-refractivity contribution in [3.8, 4) is 23.0 Å². The number of phenols is 3. The maximum atomic E-state index is 16.4. The first kappa shape index (κ1) is 60.1. The number of carbonyl (C=O) groups is 4. The van der Waals surface area contributed by atoms with E-state index < -0.39 is 118 Å². The second-order valence-electron chi connectivity index (χ2n) is 23.3. The minimum atomic E-state index is -2.15. The number of nitrogens with one attached hydrogen (secondary N) is 1. The number of phenolic OH excluding ortho intramolecular Hbond substituents is 3. The number of rotatable bonds is 9. The molecular formula is C61H75FN6O15. The number of ether oxygens (including phenoxy) is 4. The van der Waals surface area contributed by atoms with E-state index in [9.17, 15) is 54.6 Å². The lowest BCUT2D eigenvalue weighted by atomic mass is 9.78. The van der Waals surface area contributed by atoms with Gasteiger partial charge in [-0.25, -0.2) is 9.18 Å². The number of aliphatic hydroxyl groups is 2. The van der Waals surface area contributed by atoms with Crippen molar-refractivity contribution in [3.63, 3.8) is 0 Å². The Hall–Kier alpha value is -7.53. The van der Waals surface area contributed by atoms with Gasteiger partial charge in [-0.1, -0.05) is 45.9 Å². The van der Waals surface area contributed by atoms with Crippen LogP contribution in [0.15, 0.2) is 64.4 Å². The average Bonchev–Trinajstić information content (AvgIpc) is 2.44. The Kier molecular flexibility index (Phi) is 17.1. The fraction of sp³-hybridized carbons (Fsp3) is 0.508. The van der Waals surface area contributed by atoms with Crippen molar-refractivity contribution in [1.29, 1.82) is 0 Å². The van der Waals surface area contributed by atoms with Crippen molar-refractivity contribution < 1.29 is 73.2 Å². The molecule has 6 heterocycles. The smallest absolute Gasteiger partial charge is 0.341 e. The van der Waals surface area contributed by atoms with E-state index in [0.717, 1.165) is 18.9 Å². The number of methoxy groups -OCH3 is 1. The van der Waals surface area contributed by atoms with Gasteiger partial charge in [0.05, 0.1) is 70.2 Å². The van der Waals surface area contributed by atoms with Gasteiger partial charge in [0, 0.05) is 97.9 Å². The van der Waals surface area contributed by atoms with E-state index in [-0.39, 0.29) is 74.2 Å². The number of carboxylic acid groups (broad SMARTS) is 1. The van der Waals surface area contributed by atoms with Crippen LogP contribution in [-0.4, -0.2) is 158 Å². The standard InChI is InChI=1S/C61H75FN6O15/c1-29-12-11-13-30(2)59(77)64-49-40(26-63-68(37-16-20-65(9)21-17-37)38-18-22-66(27-38)44-25-43-39(24-42(44)62)53(73)41(60(78)79)28-67(43)36-14-15-36)54(74)46-47(55(49)75)52(72)34(6)57-48(46)58(76)61(8,83-57)81-23-19-45(80-10)31(3)56(82-35(7)69)33(5)51(71)32(4)50(29)70/h11-13,19,23-26,28-29,31-33,36-38,45,50-51,56,70-72,74-75H,14-18,20-22,27H2,1-10H3,(H,64,77)(H,78,79)/b12-11+,23-19+,30-13-,63-26+/t29-,31-,32+,33-,38?,45+,50+,51+,56-,61+/m1/s1. The van der Waals surface area contributed by atoms with Gasteiger partial charge < -0.3 is 69.3 Å². The number of amides is 1. The summed E-state index contributed by atoms with van der Waals surface area (Å²) in [5.41, 5.74) is -1.36.